The van der Waals surface area contributed by atoms with Crippen molar-refractivity contribution in [1.29, 1.82) is 0 Å². The third kappa shape index (κ3) is 2.18. The van der Waals surface area contributed by atoms with E-state index in [9.17, 15) is 4.79 Å². The molecule has 0 saturated heterocycles. The third-order valence-electron chi connectivity index (χ3n) is 1.69. The number of esters is 1. The van der Waals surface area contributed by atoms with E-state index < -0.39 is 0 Å². The second kappa shape index (κ2) is 3.34. The molecular formula is C10H7BrO2. The number of carbonyl (C=O) groups excluding carboxylic acids is 1. The van der Waals surface area contributed by atoms with Gasteiger partial charge in [-0.3, -0.25) is 4.79 Å². The number of halogens is 1. The first-order valence-corrected chi connectivity index (χ1v) is 4.70. The highest BCUT2D eigenvalue weighted by Gasteiger charge is 2.22. The van der Waals surface area contributed by atoms with Crippen LogP contribution >= 0.6 is 15.9 Å². The van der Waals surface area contributed by atoms with Crippen LogP contribution in [0.2, 0.25) is 0 Å². The molecule has 2 rings (SSSR count). The molecule has 0 aliphatic heterocycles. The van der Waals surface area contributed by atoms with Crippen LogP contribution in [-0.2, 0) is 4.79 Å². The van der Waals surface area contributed by atoms with Crippen molar-refractivity contribution in [2.75, 3.05) is 0 Å². The molecule has 1 aromatic rings. The molecule has 0 fully saturated rings. The van der Waals surface area contributed by atoms with Gasteiger partial charge in [0, 0.05) is 4.47 Å². The quantitative estimate of drug-likeness (QED) is 0.450. The van der Waals surface area contributed by atoms with Crippen LogP contribution < -0.4 is 4.74 Å². The van der Waals surface area contributed by atoms with Crippen molar-refractivity contribution in [2.24, 2.45) is 5.92 Å². The Labute approximate surface area is 84.3 Å². The number of ether oxygens (including phenoxy) is 1. The summed E-state index contributed by atoms with van der Waals surface area (Å²) >= 11 is 3.30. The number of hydrogen-bond acceptors (Lipinski definition) is 2. The van der Waals surface area contributed by atoms with Crippen molar-refractivity contribution in [3.63, 3.8) is 0 Å². The van der Waals surface area contributed by atoms with Crippen LogP contribution in [0.25, 0.3) is 0 Å². The van der Waals surface area contributed by atoms with Gasteiger partial charge in [0.1, 0.15) is 5.75 Å². The minimum atomic E-state index is -0.206. The summed E-state index contributed by atoms with van der Waals surface area (Å²) in [5.41, 5.74) is 0. The van der Waals surface area contributed by atoms with Crippen LogP contribution in [0, 0.1) is 5.92 Å². The predicted octanol–water partition coefficient (Wildman–Crippen LogP) is 2.54. The van der Waals surface area contributed by atoms with Gasteiger partial charge in [-0.2, -0.15) is 0 Å². The van der Waals surface area contributed by atoms with Crippen molar-refractivity contribution in [3.8, 4) is 5.75 Å². The van der Waals surface area contributed by atoms with Gasteiger partial charge in [-0.05, 0) is 24.3 Å². The highest BCUT2D eigenvalue weighted by Crippen LogP contribution is 2.21. The Bertz CT molecular complexity index is 348. The van der Waals surface area contributed by atoms with Gasteiger partial charge in [0.05, 0.1) is 5.92 Å². The molecule has 0 radical (unpaired) electrons. The van der Waals surface area contributed by atoms with Crippen molar-refractivity contribution in [3.05, 3.63) is 40.9 Å². The van der Waals surface area contributed by atoms with Crippen LogP contribution in [0.4, 0.5) is 0 Å². The van der Waals surface area contributed by atoms with Crippen molar-refractivity contribution in [1.82, 2.24) is 0 Å². The molecule has 0 spiro atoms. The summed E-state index contributed by atoms with van der Waals surface area (Å²) in [6.45, 7) is 0. The molecule has 0 heterocycles. The SMILES string of the molecule is O=C(Oc1ccc(Br)cc1)C1C=C1. The highest BCUT2D eigenvalue weighted by atomic mass is 79.9. The minimum absolute atomic E-state index is 0.0938. The second-order valence-electron chi connectivity index (χ2n) is 2.79. The molecule has 3 heteroatoms. The lowest BCUT2D eigenvalue weighted by atomic mass is 10.3. The molecule has 0 N–H and O–H groups in total. The lowest BCUT2D eigenvalue weighted by Crippen LogP contribution is -2.10. The standard InChI is InChI=1S/C10H7BrO2/c11-8-3-5-9(6-4-8)13-10(12)7-1-2-7/h1-7H. The molecule has 1 aliphatic carbocycles. The maximum Gasteiger partial charge on any atom is 0.322 e. The van der Waals surface area contributed by atoms with E-state index in [-0.39, 0.29) is 11.9 Å². The first kappa shape index (κ1) is 8.51. The molecular weight excluding hydrogens is 232 g/mol. The van der Waals surface area contributed by atoms with Gasteiger partial charge in [-0.15, -0.1) is 0 Å². The number of hydrogen-bond donors (Lipinski definition) is 0. The Morgan fingerprint density at radius 1 is 1.23 bits per heavy atom. The molecule has 1 aromatic carbocycles. The molecule has 0 unspecified atom stereocenters. The van der Waals surface area contributed by atoms with Crippen LogP contribution in [-0.4, -0.2) is 5.97 Å². The van der Waals surface area contributed by atoms with E-state index in [4.69, 9.17) is 4.74 Å². The topological polar surface area (TPSA) is 26.3 Å². The average Bonchev–Trinajstić information content (AvgIpc) is 2.91. The predicted molar refractivity (Wildman–Crippen MR) is 52.4 cm³/mol. The average molecular weight is 239 g/mol. The number of carbonyl (C=O) groups is 1. The Morgan fingerprint density at radius 3 is 2.38 bits per heavy atom. The lowest BCUT2D eigenvalue weighted by molar-refractivity contribution is -0.135. The molecule has 0 saturated carbocycles. The molecule has 1 aliphatic rings. The first-order chi connectivity index (χ1) is 6.25. The first-order valence-electron chi connectivity index (χ1n) is 3.91. The Balaban J connectivity index is 2.00. The van der Waals surface area contributed by atoms with Gasteiger partial charge in [-0.1, -0.05) is 28.1 Å². The van der Waals surface area contributed by atoms with Crippen LogP contribution in [0.5, 0.6) is 5.75 Å². The fraction of sp³-hybridized carbons (Fsp3) is 0.100. The normalized spacial score (nSPS) is 14.2. The Kier molecular flexibility index (Phi) is 2.19. The summed E-state index contributed by atoms with van der Waals surface area (Å²) in [4.78, 5) is 11.2. The summed E-state index contributed by atoms with van der Waals surface area (Å²) in [6, 6.07) is 7.18. The zero-order chi connectivity index (χ0) is 9.26. The molecule has 0 bridgehead atoms. The van der Waals surface area contributed by atoms with Crippen molar-refractivity contribution in [2.45, 2.75) is 0 Å². The van der Waals surface area contributed by atoms with E-state index in [1.165, 1.54) is 0 Å². The molecule has 2 nitrogen and oxygen atoms in total. The van der Waals surface area contributed by atoms with E-state index in [1.807, 2.05) is 12.1 Å². The maximum atomic E-state index is 11.2. The van der Waals surface area contributed by atoms with Crippen LogP contribution in [0.3, 0.4) is 0 Å². The maximum absolute atomic E-state index is 11.2. The monoisotopic (exact) mass is 238 g/mol. The van der Waals surface area contributed by atoms with E-state index in [0.717, 1.165) is 4.47 Å². The summed E-state index contributed by atoms with van der Waals surface area (Å²) in [5, 5.41) is 0. The fourth-order valence-electron chi connectivity index (χ4n) is 0.900. The summed E-state index contributed by atoms with van der Waals surface area (Å²) in [7, 11) is 0. The third-order valence-corrected chi connectivity index (χ3v) is 2.22. The van der Waals surface area contributed by atoms with Crippen LogP contribution in [0.15, 0.2) is 40.9 Å². The smallest absolute Gasteiger partial charge is 0.322 e. The molecule has 13 heavy (non-hydrogen) atoms. The number of rotatable bonds is 2. The summed E-state index contributed by atoms with van der Waals surface area (Å²) in [5.74, 6) is 0.285. The minimum Gasteiger partial charge on any atom is -0.426 e. The van der Waals surface area contributed by atoms with E-state index in [0.29, 0.717) is 5.75 Å². The van der Waals surface area contributed by atoms with Gasteiger partial charge in [0.2, 0.25) is 0 Å². The van der Waals surface area contributed by atoms with E-state index in [1.54, 1.807) is 24.3 Å². The molecule has 0 atom stereocenters. The zero-order valence-corrected chi connectivity index (χ0v) is 8.32. The zero-order valence-electron chi connectivity index (χ0n) is 6.74. The summed E-state index contributed by atoms with van der Waals surface area (Å²) in [6.07, 6.45) is 3.61. The Morgan fingerprint density at radius 2 is 1.85 bits per heavy atom. The van der Waals surface area contributed by atoms with E-state index >= 15 is 0 Å². The highest BCUT2D eigenvalue weighted by molar-refractivity contribution is 9.10. The molecule has 66 valence electrons. The number of benzene rings is 1. The van der Waals surface area contributed by atoms with Gasteiger partial charge in [0.25, 0.3) is 0 Å². The van der Waals surface area contributed by atoms with Gasteiger partial charge in [0.15, 0.2) is 0 Å². The van der Waals surface area contributed by atoms with Gasteiger partial charge in [-0.25, -0.2) is 0 Å². The summed E-state index contributed by atoms with van der Waals surface area (Å²) < 4.78 is 6.04. The largest absolute Gasteiger partial charge is 0.426 e. The second-order valence-corrected chi connectivity index (χ2v) is 3.70. The fourth-order valence-corrected chi connectivity index (χ4v) is 1.16. The van der Waals surface area contributed by atoms with Crippen molar-refractivity contribution >= 4 is 21.9 Å². The van der Waals surface area contributed by atoms with Crippen molar-refractivity contribution < 1.29 is 9.53 Å². The lowest BCUT2D eigenvalue weighted by Gasteiger charge is -2.02. The Hall–Kier alpha value is -1.09. The van der Waals surface area contributed by atoms with Gasteiger partial charge < -0.3 is 4.74 Å². The van der Waals surface area contributed by atoms with Gasteiger partial charge >= 0.3 is 5.97 Å². The molecule has 0 aromatic heterocycles. The molecule has 0 amide bonds. The van der Waals surface area contributed by atoms with E-state index in [2.05, 4.69) is 15.9 Å². The van der Waals surface area contributed by atoms with Crippen LogP contribution in [0.1, 0.15) is 0 Å².